The number of likely N-dealkylation sites (tertiary alicyclic amines) is 1. The molecule has 1 fully saturated rings. The van der Waals surface area contributed by atoms with Gasteiger partial charge in [0.1, 0.15) is 11.5 Å². The molecule has 0 N–H and O–H groups in total. The molecule has 2 aliphatic rings. The molecule has 226 valence electrons. The van der Waals surface area contributed by atoms with E-state index in [0.29, 0.717) is 12.3 Å². The molecule has 0 radical (unpaired) electrons. The predicted molar refractivity (Wildman–Crippen MR) is 173 cm³/mol. The third-order valence-electron chi connectivity index (χ3n) is 9.21. The van der Waals surface area contributed by atoms with E-state index in [4.69, 9.17) is 9.47 Å². The van der Waals surface area contributed by atoms with Crippen LogP contribution in [0.1, 0.15) is 57.4 Å². The fourth-order valence-corrected chi connectivity index (χ4v) is 6.34. The Bertz CT molecular complexity index is 1230. The number of piperidine rings is 1. The van der Waals surface area contributed by atoms with Crippen molar-refractivity contribution >= 4 is 6.08 Å². The highest BCUT2D eigenvalue weighted by Gasteiger charge is 2.44. The standard InChI is InChI=1S/C35H54N4O2/c1-13-15-31-28(5)36(8)24-29(31)25-39-18-16-35(17-19-39,38(10)14-2)33-22-34(6,7)27(4)32(41-12)21-30(40-11)20-26(3)23-37(33)9/h13,15,20-22,24H,3-4,14,16-19,23,25H2,1-2,5-12H3/b15-13-,30-20+,32-21+,33-22-. The topological polar surface area (TPSA) is 33.1 Å². The molecule has 0 aliphatic carbocycles. The highest BCUT2D eigenvalue weighted by Crippen LogP contribution is 2.42. The van der Waals surface area contributed by atoms with Gasteiger partial charge >= 0.3 is 0 Å². The van der Waals surface area contributed by atoms with Crippen molar-refractivity contribution < 1.29 is 9.47 Å². The van der Waals surface area contributed by atoms with Gasteiger partial charge in [0.25, 0.3) is 0 Å². The third kappa shape index (κ3) is 6.92. The minimum Gasteiger partial charge on any atom is -0.497 e. The van der Waals surface area contributed by atoms with Gasteiger partial charge in [-0.15, -0.1) is 0 Å². The second kappa shape index (κ2) is 13.3. The van der Waals surface area contributed by atoms with Crippen LogP contribution in [0, 0.1) is 12.3 Å². The number of aromatic nitrogens is 1. The fourth-order valence-electron chi connectivity index (χ4n) is 6.34. The molecule has 6 nitrogen and oxygen atoms in total. The first-order valence-corrected chi connectivity index (χ1v) is 14.9. The molecule has 1 aromatic heterocycles. The summed E-state index contributed by atoms with van der Waals surface area (Å²) in [5.41, 5.74) is 6.83. The zero-order valence-corrected chi connectivity index (χ0v) is 27.4. The van der Waals surface area contributed by atoms with Crippen LogP contribution in [0.4, 0.5) is 0 Å². The van der Waals surface area contributed by atoms with Gasteiger partial charge in [0.05, 0.1) is 19.8 Å². The number of hydrogen-bond donors (Lipinski definition) is 0. The highest BCUT2D eigenvalue weighted by atomic mass is 16.5. The number of methoxy groups -OCH3 is 2. The molecule has 0 saturated carbocycles. The first kappa shape index (κ1) is 32.6. The number of ether oxygens (including phenoxy) is 2. The van der Waals surface area contributed by atoms with Crippen LogP contribution in [-0.4, -0.2) is 79.3 Å². The molecule has 1 aromatic rings. The molecule has 3 rings (SSSR count). The summed E-state index contributed by atoms with van der Waals surface area (Å²) in [7, 11) is 10.0. The lowest BCUT2D eigenvalue weighted by atomic mass is 9.76. The average molecular weight is 563 g/mol. The summed E-state index contributed by atoms with van der Waals surface area (Å²) < 4.78 is 13.8. The van der Waals surface area contributed by atoms with E-state index in [-0.39, 0.29) is 11.0 Å². The Morgan fingerprint density at radius 3 is 2.29 bits per heavy atom. The summed E-state index contributed by atoms with van der Waals surface area (Å²) in [5, 5.41) is 0. The normalized spacial score (nSPS) is 24.4. The molecule has 0 aromatic carbocycles. The number of allylic oxidation sites excluding steroid dienone is 4. The Morgan fingerprint density at radius 1 is 1.07 bits per heavy atom. The van der Waals surface area contributed by atoms with Crippen molar-refractivity contribution in [1.29, 1.82) is 0 Å². The Labute approximate surface area is 250 Å². The summed E-state index contributed by atoms with van der Waals surface area (Å²) in [6.45, 7) is 24.6. The first-order chi connectivity index (χ1) is 19.3. The lowest BCUT2D eigenvalue weighted by Crippen LogP contribution is -2.58. The molecule has 6 heteroatoms. The Morgan fingerprint density at radius 2 is 1.73 bits per heavy atom. The molecule has 0 atom stereocenters. The molecule has 1 saturated heterocycles. The van der Waals surface area contributed by atoms with Gasteiger partial charge in [0.15, 0.2) is 0 Å². The Balaban J connectivity index is 2.03. The van der Waals surface area contributed by atoms with Gasteiger partial charge in [-0.2, -0.15) is 0 Å². The molecular formula is C35H54N4O2. The van der Waals surface area contributed by atoms with Gasteiger partial charge < -0.3 is 18.9 Å². The van der Waals surface area contributed by atoms with Gasteiger partial charge in [-0.3, -0.25) is 9.80 Å². The van der Waals surface area contributed by atoms with E-state index in [0.717, 1.165) is 55.9 Å². The van der Waals surface area contributed by atoms with Gasteiger partial charge in [0.2, 0.25) is 0 Å². The fraction of sp³-hybridized carbons (Fsp3) is 0.543. The Kier molecular flexibility index (Phi) is 10.6. The van der Waals surface area contributed by atoms with Gasteiger partial charge in [0, 0.05) is 69.4 Å². The van der Waals surface area contributed by atoms with Crippen molar-refractivity contribution in [2.45, 2.75) is 59.5 Å². The summed E-state index contributed by atoms with van der Waals surface area (Å²) in [5.74, 6) is 1.43. The second-order valence-electron chi connectivity index (χ2n) is 12.3. The third-order valence-corrected chi connectivity index (χ3v) is 9.21. The van der Waals surface area contributed by atoms with E-state index in [9.17, 15) is 0 Å². The van der Waals surface area contributed by atoms with Crippen LogP contribution in [0.25, 0.3) is 6.08 Å². The second-order valence-corrected chi connectivity index (χ2v) is 12.3. The number of nitrogens with zero attached hydrogens (tertiary/aromatic N) is 4. The van der Waals surface area contributed by atoms with E-state index in [2.05, 4.69) is 113 Å². The molecule has 41 heavy (non-hydrogen) atoms. The minimum absolute atomic E-state index is 0.116. The maximum Gasteiger partial charge on any atom is 0.126 e. The number of aryl methyl sites for hydroxylation is 1. The van der Waals surface area contributed by atoms with Crippen molar-refractivity contribution in [3.63, 3.8) is 0 Å². The molecule has 0 unspecified atom stereocenters. The molecule has 2 aliphatic heterocycles. The van der Waals surface area contributed by atoms with E-state index in [1.54, 1.807) is 14.2 Å². The van der Waals surface area contributed by atoms with Crippen molar-refractivity contribution in [1.82, 2.24) is 19.3 Å². The van der Waals surface area contributed by atoms with Crippen molar-refractivity contribution in [3.8, 4) is 0 Å². The van der Waals surface area contributed by atoms with E-state index in [1.165, 1.54) is 22.5 Å². The zero-order valence-electron chi connectivity index (χ0n) is 27.4. The zero-order chi connectivity index (χ0) is 30.5. The van der Waals surface area contributed by atoms with Crippen LogP contribution in [0.2, 0.25) is 0 Å². The van der Waals surface area contributed by atoms with Crippen molar-refractivity contribution in [3.05, 3.63) is 88.8 Å². The van der Waals surface area contributed by atoms with Crippen LogP contribution in [-0.2, 0) is 23.1 Å². The smallest absolute Gasteiger partial charge is 0.126 e. The van der Waals surface area contributed by atoms with Crippen LogP contribution < -0.4 is 0 Å². The summed E-state index contributed by atoms with van der Waals surface area (Å²) >= 11 is 0. The SMILES string of the molecule is C=C1/C=C(OC)\C=C(\OC)C(=C)C(C)(C)/C=C(/C2(N(C)CC)CCN(Cc3cn(C)c(C)c3/C=C\C)CC2)N(C)C1. The largest absolute Gasteiger partial charge is 0.497 e. The summed E-state index contributed by atoms with van der Waals surface area (Å²) in [6.07, 6.45) is 15.1. The van der Waals surface area contributed by atoms with Crippen LogP contribution in [0.15, 0.2) is 72.0 Å². The monoisotopic (exact) mass is 562 g/mol. The van der Waals surface area contributed by atoms with Crippen LogP contribution in [0.3, 0.4) is 0 Å². The molecule has 0 bridgehead atoms. The molecule has 0 amide bonds. The van der Waals surface area contributed by atoms with Crippen LogP contribution in [0.5, 0.6) is 0 Å². The summed E-state index contributed by atoms with van der Waals surface area (Å²) in [6, 6.07) is 0. The lowest BCUT2D eigenvalue weighted by molar-refractivity contribution is 0.0471. The number of likely N-dealkylation sites (N-methyl/N-ethyl adjacent to an activating group) is 2. The first-order valence-electron chi connectivity index (χ1n) is 14.9. The van der Waals surface area contributed by atoms with E-state index < -0.39 is 0 Å². The van der Waals surface area contributed by atoms with Gasteiger partial charge in [-0.1, -0.05) is 52.2 Å². The maximum atomic E-state index is 5.83. The lowest BCUT2D eigenvalue weighted by Gasteiger charge is -2.51. The summed E-state index contributed by atoms with van der Waals surface area (Å²) in [4.78, 5) is 7.57. The Hall–Kier alpha value is -2.96. The van der Waals surface area contributed by atoms with E-state index in [1.807, 2.05) is 12.2 Å². The van der Waals surface area contributed by atoms with Gasteiger partial charge in [-0.05, 0) is 68.6 Å². The minimum atomic E-state index is -0.350. The molecule has 3 heterocycles. The van der Waals surface area contributed by atoms with Crippen molar-refractivity contribution in [2.75, 3.05) is 54.5 Å². The highest BCUT2D eigenvalue weighted by molar-refractivity contribution is 5.56. The van der Waals surface area contributed by atoms with Gasteiger partial charge in [-0.25, -0.2) is 0 Å². The number of hydrogen-bond acceptors (Lipinski definition) is 5. The van der Waals surface area contributed by atoms with Crippen LogP contribution >= 0.6 is 0 Å². The molecule has 0 spiro atoms. The quantitative estimate of drug-likeness (QED) is 0.353. The van der Waals surface area contributed by atoms with E-state index >= 15 is 0 Å². The van der Waals surface area contributed by atoms with Crippen molar-refractivity contribution in [2.24, 2.45) is 12.5 Å². The predicted octanol–water partition coefficient (Wildman–Crippen LogP) is 6.68. The number of rotatable bonds is 8. The maximum absolute atomic E-state index is 5.83. The average Bonchev–Trinajstić information content (AvgIpc) is 3.20. The molecular weight excluding hydrogens is 508 g/mol.